The zero-order chi connectivity index (χ0) is 20.2. The Morgan fingerprint density at radius 2 is 2.07 bits per heavy atom. The number of rotatable bonds is 4. The molecule has 0 bridgehead atoms. The number of aromatic nitrogens is 4. The first-order valence-electron chi connectivity index (χ1n) is 9.35. The molecule has 9 heteroatoms. The van der Waals surface area contributed by atoms with Gasteiger partial charge in [0.25, 0.3) is 0 Å². The first kappa shape index (κ1) is 18.8. The number of hydrogen-bond donors (Lipinski definition) is 2. The Kier molecular flexibility index (Phi) is 5.30. The first-order chi connectivity index (χ1) is 14.2. The molecule has 29 heavy (non-hydrogen) atoms. The molecular formula is C20H22N8O. The van der Waals surface area contributed by atoms with Gasteiger partial charge in [-0.25, -0.2) is 14.6 Å². The van der Waals surface area contributed by atoms with Crippen molar-refractivity contribution in [2.24, 2.45) is 10.2 Å². The van der Waals surface area contributed by atoms with Gasteiger partial charge in [-0.05, 0) is 25.1 Å². The molecule has 1 aromatic carbocycles. The normalized spacial score (nSPS) is 15.7. The zero-order valence-corrected chi connectivity index (χ0v) is 16.2. The van der Waals surface area contributed by atoms with Crippen LogP contribution in [0.2, 0.25) is 0 Å². The molecule has 3 heterocycles. The van der Waals surface area contributed by atoms with Gasteiger partial charge in [-0.2, -0.15) is 5.10 Å². The fourth-order valence-electron chi connectivity index (χ4n) is 3.22. The van der Waals surface area contributed by atoms with Gasteiger partial charge in [0.1, 0.15) is 17.9 Å². The molecule has 1 fully saturated rings. The highest BCUT2D eigenvalue weighted by atomic mass is 16.3. The molecule has 2 aromatic heterocycles. The van der Waals surface area contributed by atoms with E-state index in [2.05, 4.69) is 42.1 Å². The van der Waals surface area contributed by atoms with Crippen molar-refractivity contribution < 1.29 is 5.11 Å². The van der Waals surface area contributed by atoms with Gasteiger partial charge in [0, 0.05) is 44.0 Å². The molecule has 4 rings (SSSR count). The Balaban J connectivity index is 1.63. The van der Waals surface area contributed by atoms with Crippen LogP contribution in [0.15, 0.2) is 59.8 Å². The van der Waals surface area contributed by atoms with Crippen molar-refractivity contribution in [2.75, 3.05) is 26.2 Å². The molecule has 0 spiro atoms. The molecule has 1 saturated heterocycles. The summed E-state index contributed by atoms with van der Waals surface area (Å²) in [4.78, 5) is 10.4. The van der Waals surface area contributed by atoms with E-state index < -0.39 is 0 Å². The number of aromatic hydroxyl groups is 1. The minimum absolute atomic E-state index is 0.0638. The summed E-state index contributed by atoms with van der Waals surface area (Å²) < 4.78 is 1.65. The second-order valence-corrected chi connectivity index (χ2v) is 6.63. The number of amidine groups is 1. The maximum atomic E-state index is 10.6. The van der Waals surface area contributed by atoms with Crippen molar-refractivity contribution in [1.29, 1.82) is 0 Å². The number of benzene rings is 1. The molecular weight excluding hydrogens is 368 g/mol. The van der Waals surface area contributed by atoms with Crippen molar-refractivity contribution in [3.63, 3.8) is 0 Å². The Hall–Kier alpha value is -3.59. The molecule has 9 nitrogen and oxygen atoms in total. The monoisotopic (exact) mass is 390 g/mol. The molecule has 1 aliphatic rings. The van der Waals surface area contributed by atoms with E-state index in [1.165, 1.54) is 6.33 Å². The van der Waals surface area contributed by atoms with Crippen LogP contribution in [0, 0.1) is 0 Å². The molecule has 148 valence electrons. The molecule has 0 aliphatic carbocycles. The zero-order valence-electron chi connectivity index (χ0n) is 16.2. The van der Waals surface area contributed by atoms with Crippen molar-refractivity contribution in [3.05, 3.63) is 55.1 Å². The van der Waals surface area contributed by atoms with Gasteiger partial charge in [0.05, 0.1) is 23.0 Å². The first-order valence-corrected chi connectivity index (χ1v) is 9.35. The SMILES string of the molecule is C=C/C(=N\N=C(/C)N1CCNCC1)c1ccc(-n2ncc3cncnc32)cc1O. The van der Waals surface area contributed by atoms with Gasteiger partial charge in [0.2, 0.25) is 0 Å². The minimum atomic E-state index is 0.0638. The quantitative estimate of drug-likeness (QED) is 0.399. The van der Waals surface area contributed by atoms with E-state index in [4.69, 9.17) is 0 Å². The van der Waals surface area contributed by atoms with Crippen molar-refractivity contribution in [1.82, 2.24) is 30.0 Å². The number of hydrogen-bond acceptors (Lipinski definition) is 7. The van der Waals surface area contributed by atoms with Crippen LogP contribution in [0.3, 0.4) is 0 Å². The molecule has 0 atom stereocenters. The summed E-state index contributed by atoms with van der Waals surface area (Å²) in [5.41, 5.74) is 2.40. The van der Waals surface area contributed by atoms with Gasteiger partial charge in [-0.1, -0.05) is 6.58 Å². The summed E-state index contributed by atoms with van der Waals surface area (Å²) in [5, 5.41) is 27.7. The van der Waals surface area contributed by atoms with Crippen LogP contribution in [0.5, 0.6) is 5.75 Å². The number of phenolic OH excluding ortho intramolecular Hbond substituents is 1. The summed E-state index contributed by atoms with van der Waals surface area (Å²) in [7, 11) is 0. The van der Waals surface area contributed by atoms with Crippen LogP contribution >= 0.6 is 0 Å². The topological polar surface area (TPSA) is 104 Å². The standard InChI is InChI=1S/C20H22N8O/c1-3-18(26-25-14(2)27-8-6-21-7-9-27)17-5-4-16(10-19(17)29)28-20-15(12-24-28)11-22-13-23-20/h3-5,10-13,21,29H,1,6-9H2,2H3/b25-14+,26-18+. The number of phenols is 1. The van der Waals surface area contributed by atoms with Crippen molar-refractivity contribution in [3.8, 4) is 11.4 Å². The van der Waals surface area contributed by atoms with E-state index in [0.29, 0.717) is 22.6 Å². The van der Waals surface area contributed by atoms with Crippen LogP contribution in [-0.4, -0.2) is 67.5 Å². The van der Waals surface area contributed by atoms with Crippen LogP contribution < -0.4 is 5.32 Å². The van der Waals surface area contributed by atoms with Gasteiger partial charge in [0.15, 0.2) is 5.65 Å². The van der Waals surface area contributed by atoms with Crippen molar-refractivity contribution >= 4 is 22.6 Å². The lowest BCUT2D eigenvalue weighted by Crippen LogP contribution is -2.45. The number of nitrogens with one attached hydrogen (secondary N) is 1. The van der Waals surface area contributed by atoms with Crippen molar-refractivity contribution in [2.45, 2.75) is 6.92 Å². The fraction of sp³-hybridized carbons (Fsp3) is 0.250. The molecule has 0 saturated carbocycles. The van der Waals surface area contributed by atoms with Gasteiger partial charge in [-0.3, -0.25) is 0 Å². The molecule has 3 aromatic rings. The third-order valence-electron chi connectivity index (χ3n) is 4.80. The lowest BCUT2D eigenvalue weighted by Gasteiger charge is -2.28. The maximum absolute atomic E-state index is 10.6. The average Bonchev–Trinajstić information content (AvgIpc) is 3.19. The number of nitrogens with zero attached hydrogens (tertiary/aromatic N) is 7. The molecule has 2 N–H and O–H groups in total. The highest BCUT2D eigenvalue weighted by molar-refractivity contribution is 6.10. The Bertz CT molecular complexity index is 1090. The van der Waals surface area contributed by atoms with Gasteiger partial charge in [-0.15, -0.1) is 10.2 Å². The molecule has 0 unspecified atom stereocenters. The third kappa shape index (κ3) is 3.85. The largest absolute Gasteiger partial charge is 0.507 e. The van der Waals surface area contributed by atoms with E-state index in [1.54, 1.807) is 35.3 Å². The summed E-state index contributed by atoms with van der Waals surface area (Å²) in [6.45, 7) is 9.40. The van der Waals surface area contributed by atoms with E-state index in [1.807, 2.05) is 13.0 Å². The highest BCUT2D eigenvalue weighted by Gasteiger charge is 2.13. The lowest BCUT2D eigenvalue weighted by atomic mass is 10.1. The van der Waals surface area contributed by atoms with Gasteiger partial charge < -0.3 is 15.3 Å². The summed E-state index contributed by atoms with van der Waals surface area (Å²) >= 11 is 0. The van der Waals surface area contributed by atoms with Gasteiger partial charge >= 0.3 is 0 Å². The van der Waals surface area contributed by atoms with E-state index in [-0.39, 0.29) is 5.75 Å². The third-order valence-corrected chi connectivity index (χ3v) is 4.80. The lowest BCUT2D eigenvalue weighted by molar-refractivity contribution is 0.355. The van der Waals surface area contributed by atoms with Crippen LogP contribution in [0.4, 0.5) is 0 Å². The van der Waals surface area contributed by atoms with Crippen LogP contribution in [0.25, 0.3) is 16.7 Å². The predicted molar refractivity (Wildman–Crippen MR) is 113 cm³/mol. The minimum Gasteiger partial charge on any atom is -0.507 e. The highest BCUT2D eigenvalue weighted by Crippen LogP contribution is 2.24. The van der Waals surface area contributed by atoms with Crippen LogP contribution in [-0.2, 0) is 0 Å². The van der Waals surface area contributed by atoms with Crippen LogP contribution in [0.1, 0.15) is 12.5 Å². The van der Waals surface area contributed by atoms with E-state index in [0.717, 1.165) is 37.4 Å². The average molecular weight is 390 g/mol. The molecule has 1 aliphatic heterocycles. The Labute approximate surface area is 168 Å². The number of piperazine rings is 1. The Morgan fingerprint density at radius 1 is 1.24 bits per heavy atom. The number of fused-ring (bicyclic) bond motifs is 1. The molecule has 0 radical (unpaired) electrons. The fourth-order valence-corrected chi connectivity index (χ4v) is 3.22. The second kappa shape index (κ2) is 8.19. The summed E-state index contributed by atoms with van der Waals surface area (Å²) in [6.07, 6.45) is 6.43. The molecule has 0 amide bonds. The van der Waals surface area contributed by atoms with E-state index in [9.17, 15) is 5.11 Å². The summed E-state index contributed by atoms with van der Waals surface area (Å²) in [6, 6.07) is 5.24. The smallest absolute Gasteiger partial charge is 0.166 e. The summed E-state index contributed by atoms with van der Waals surface area (Å²) in [5.74, 6) is 0.901. The second-order valence-electron chi connectivity index (χ2n) is 6.63. The Morgan fingerprint density at radius 3 is 2.83 bits per heavy atom. The predicted octanol–water partition coefficient (Wildman–Crippen LogP) is 1.73. The maximum Gasteiger partial charge on any atom is 0.166 e. The van der Waals surface area contributed by atoms with E-state index >= 15 is 0 Å². The number of allylic oxidation sites excluding steroid dienone is 1.